The highest BCUT2D eigenvalue weighted by Crippen LogP contribution is 2.62. The molecule has 4 radical (unpaired) electrons. The van der Waals surface area contributed by atoms with Crippen LogP contribution in [0.15, 0.2) is 0 Å². The van der Waals surface area contributed by atoms with Crippen LogP contribution in [0.3, 0.4) is 0 Å². The molecule has 0 bridgehead atoms. The van der Waals surface area contributed by atoms with Crippen molar-refractivity contribution in [3.8, 4) is 0 Å². The van der Waals surface area contributed by atoms with Crippen molar-refractivity contribution < 1.29 is 0 Å². The second kappa shape index (κ2) is 0.192. The van der Waals surface area contributed by atoms with Crippen LogP contribution >= 0.6 is 0 Å². The lowest BCUT2D eigenvalue weighted by Crippen LogP contribution is -1.38. The Kier molecular flexibility index (Phi) is 0.0741. The first-order chi connectivity index (χ1) is 2.00. The van der Waals surface area contributed by atoms with Gasteiger partial charge in [-0.2, -0.15) is 0 Å². The van der Waals surface area contributed by atoms with Crippen molar-refractivity contribution >= 4 is 29.4 Å². The van der Waals surface area contributed by atoms with Crippen LogP contribution in [0.4, 0.5) is 0 Å². The van der Waals surface area contributed by atoms with Gasteiger partial charge in [-0.15, -0.1) is 0 Å². The van der Waals surface area contributed by atoms with Gasteiger partial charge in [-0.05, 0) is 0 Å². The number of hydrogen-bond acceptors (Lipinski definition) is 0. The van der Waals surface area contributed by atoms with Gasteiger partial charge in [-0.3, -0.25) is 0 Å². The van der Waals surface area contributed by atoms with Crippen molar-refractivity contribution in [3.63, 3.8) is 0 Å². The van der Waals surface area contributed by atoms with E-state index in [1.165, 1.54) is 0 Å². The van der Waals surface area contributed by atoms with Crippen molar-refractivity contribution in [2.45, 2.75) is 0 Å². The molecular weight excluding hydrogens is 112 g/mol. The van der Waals surface area contributed by atoms with E-state index in [-0.39, 0.29) is 0 Å². The highest BCUT2D eigenvalue weighted by Gasteiger charge is 3.00. The third-order valence-electron chi connectivity index (χ3n) is 1.25. The van der Waals surface area contributed by atoms with Crippen molar-refractivity contribution in [1.29, 1.82) is 0 Å². The van der Waals surface area contributed by atoms with Crippen LogP contribution in [0.5, 0.6) is 0 Å². The average Bonchev–Trinajstić information content (AvgIpc) is 1.71. The van der Waals surface area contributed by atoms with Gasteiger partial charge in [-0.1, -0.05) is 0 Å². The second-order valence-electron chi connectivity index (χ2n) is 1.50. The summed E-state index contributed by atoms with van der Waals surface area (Å²) >= 11 is 0. The van der Waals surface area contributed by atoms with Crippen LogP contribution in [0.1, 0.15) is 0 Å². The molecule has 0 N–H and O–H groups in total. The molecule has 0 nitrogen and oxygen atoms in total. The summed E-state index contributed by atoms with van der Waals surface area (Å²) in [5, 5.41) is 0. The molecule has 4 saturated heterocycles. The first-order valence-electron chi connectivity index (χ1n) is 1.50. The lowest BCUT2D eigenvalue weighted by atomic mass is 27.1. The van der Waals surface area contributed by atoms with E-state index in [9.17, 15) is 0 Å². The standard InChI is InChI=1S/Si4/c1-2-3(1)4(1)2. The summed E-state index contributed by atoms with van der Waals surface area (Å²) in [4.78, 5) is 0. The number of hydrogen-bond donors (Lipinski definition) is 0. The van der Waals surface area contributed by atoms with Crippen molar-refractivity contribution in [2.24, 2.45) is 0 Å². The molecule has 0 aliphatic carbocycles. The van der Waals surface area contributed by atoms with E-state index >= 15 is 0 Å². The SMILES string of the molecule is [Si]12[Si]3[Si]1[Si]23. The average molecular weight is 112 g/mol. The maximum absolute atomic E-state index is 0.926. The van der Waals surface area contributed by atoms with Gasteiger partial charge >= 0.3 is 0 Å². The van der Waals surface area contributed by atoms with Crippen molar-refractivity contribution in [2.75, 3.05) is 0 Å². The van der Waals surface area contributed by atoms with E-state index in [4.69, 9.17) is 0 Å². The summed E-state index contributed by atoms with van der Waals surface area (Å²) in [5.41, 5.74) is 0. The van der Waals surface area contributed by atoms with Crippen LogP contribution in [0.25, 0.3) is 0 Å². The normalized spacial score (nSPS) is 54.0. The molecule has 4 aliphatic rings. The van der Waals surface area contributed by atoms with Gasteiger partial charge in [0, 0.05) is 29.4 Å². The Bertz CT molecular complexity index is 43.0. The highest BCUT2D eigenvalue weighted by molar-refractivity contribution is 8.75. The lowest BCUT2D eigenvalue weighted by molar-refractivity contribution is 4.75. The van der Waals surface area contributed by atoms with E-state index in [2.05, 4.69) is 0 Å². The minimum atomic E-state index is 0.926. The Balaban J connectivity index is 3.00. The Labute approximate surface area is 30.0 Å². The molecule has 4 heavy (non-hydrogen) atoms. The molecule has 0 unspecified atom stereocenters. The predicted molar refractivity (Wildman–Crippen MR) is 23.0 cm³/mol. The van der Waals surface area contributed by atoms with Crippen LogP contribution in [-0.4, -0.2) is 29.4 Å². The highest BCUT2D eigenvalue weighted by atomic mass is 31.1. The molecule has 4 heteroatoms. The molecule has 4 aliphatic heterocycles. The zero-order valence-electron chi connectivity index (χ0n) is 2.00. The molecule has 4 rings (SSSR count). The third kappa shape index (κ3) is 0.0352. The monoisotopic (exact) mass is 112 g/mol. The first-order valence-corrected chi connectivity index (χ1v) is 13.5. The minimum absolute atomic E-state index is 0.926. The fourth-order valence-electron chi connectivity index (χ4n) is 0.562. The van der Waals surface area contributed by atoms with E-state index in [0.717, 1.165) is 29.4 Å². The van der Waals surface area contributed by atoms with Crippen LogP contribution in [0, 0.1) is 0 Å². The van der Waals surface area contributed by atoms with Gasteiger partial charge in [0.2, 0.25) is 0 Å². The molecule has 4 heterocycles. The third-order valence-corrected chi connectivity index (χ3v) is 74.2. The summed E-state index contributed by atoms with van der Waals surface area (Å²) in [6.45, 7) is 0. The van der Waals surface area contributed by atoms with Crippen LogP contribution < -0.4 is 0 Å². The molecule has 16 valence electrons. The molecule has 0 atom stereocenters. The number of rotatable bonds is 0. The zero-order chi connectivity index (χ0) is 2.31. The Morgan fingerprint density at radius 3 is 0.750 bits per heavy atom. The topological polar surface area (TPSA) is 0 Å². The summed E-state index contributed by atoms with van der Waals surface area (Å²) < 4.78 is 0. The van der Waals surface area contributed by atoms with Crippen molar-refractivity contribution in [3.05, 3.63) is 0 Å². The zero-order valence-corrected chi connectivity index (χ0v) is 6.00. The van der Waals surface area contributed by atoms with Gasteiger partial charge in [0.1, 0.15) is 0 Å². The Morgan fingerprint density at radius 1 is 0.500 bits per heavy atom. The summed E-state index contributed by atoms with van der Waals surface area (Å²) in [5.74, 6) is 0. The molecule has 0 amide bonds. The van der Waals surface area contributed by atoms with E-state index in [0.29, 0.717) is 0 Å². The van der Waals surface area contributed by atoms with Gasteiger partial charge in [0.05, 0.1) is 0 Å². The molecule has 0 aromatic carbocycles. The van der Waals surface area contributed by atoms with Gasteiger partial charge in [-0.25, -0.2) is 0 Å². The van der Waals surface area contributed by atoms with Gasteiger partial charge in [0.15, 0.2) is 0 Å². The largest absolute Gasteiger partial charge is 0 e. The quantitative estimate of drug-likeness (QED) is 0.334. The maximum Gasteiger partial charge on any atom is 0 e. The lowest BCUT2D eigenvalue weighted by Gasteiger charge is -1.00. The van der Waals surface area contributed by atoms with E-state index in [1.807, 2.05) is 0 Å². The smallest absolute Gasteiger partial charge is 0 e. The Hall–Kier alpha value is 0.868. The predicted octanol–water partition coefficient (Wildman–Crippen LogP) is -1.52. The summed E-state index contributed by atoms with van der Waals surface area (Å²) in [7, 11) is 3.70. The van der Waals surface area contributed by atoms with E-state index in [1.54, 1.807) is 0 Å². The van der Waals surface area contributed by atoms with Crippen LogP contribution in [-0.2, 0) is 0 Å². The summed E-state index contributed by atoms with van der Waals surface area (Å²) in [6, 6.07) is 0. The van der Waals surface area contributed by atoms with Gasteiger partial charge in [0.25, 0.3) is 0 Å². The van der Waals surface area contributed by atoms with Gasteiger partial charge < -0.3 is 0 Å². The van der Waals surface area contributed by atoms with Crippen LogP contribution in [0.2, 0.25) is 0 Å². The first kappa shape index (κ1) is 1.54. The minimum Gasteiger partial charge on any atom is 0 e. The molecule has 4 fully saturated rings. The van der Waals surface area contributed by atoms with Crippen molar-refractivity contribution in [1.82, 2.24) is 0 Å². The molecule has 0 aromatic rings. The molecule has 0 saturated carbocycles. The molecule has 0 spiro atoms. The molecule has 0 aromatic heterocycles. The fourth-order valence-corrected chi connectivity index (χ4v) is 106. The van der Waals surface area contributed by atoms with E-state index < -0.39 is 0 Å². The fraction of sp³-hybridized carbons (Fsp3) is 0. The Morgan fingerprint density at radius 2 is 0.750 bits per heavy atom. The summed E-state index contributed by atoms with van der Waals surface area (Å²) in [6.07, 6.45) is 0. The molecular formula is Si4. The second-order valence-corrected chi connectivity index (χ2v) is 40.5. The maximum atomic E-state index is 0.926.